The van der Waals surface area contributed by atoms with Crippen molar-refractivity contribution >= 4 is 0 Å². The van der Waals surface area contributed by atoms with Gasteiger partial charge in [-0.3, -0.25) is 0 Å². The van der Waals surface area contributed by atoms with Crippen LogP contribution in [0.4, 0.5) is 0 Å². The van der Waals surface area contributed by atoms with Crippen molar-refractivity contribution in [2.24, 2.45) is 0 Å². The van der Waals surface area contributed by atoms with Gasteiger partial charge in [-0.1, -0.05) is 18.2 Å². The van der Waals surface area contributed by atoms with Crippen LogP contribution < -0.4 is 10.1 Å². The number of nitrogens with one attached hydrogen (secondary N) is 2. The van der Waals surface area contributed by atoms with Crippen molar-refractivity contribution in [1.29, 1.82) is 0 Å². The predicted molar refractivity (Wildman–Crippen MR) is 67.0 cm³/mol. The number of ether oxygens (including phenoxy) is 1. The molecule has 0 aliphatic heterocycles. The first-order valence-electron chi connectivity index (χ1n) is 5.73. The van der Waals surface area contributed by atoms with Gasteiger partial charge in [-0.25, -0.2) is 4.98 Å². The second kappa shape index (κ2) is 6.06. The van der Waals surface area contributed by atoms with Gasteiger partial charge in [0.25, 0.3) is 0 Å². The van der Waals surface area contributed by atoms with Gasteiger partial charge in [-0.2, -0.15) is 0 Å². The molecule has 0 atom stereocenters. The fourth-order valence-electron chi connectivity index (χ4n) is 1.53. The summed E-state index contributed by atoms with van der Waals surface area (Å²) in [6.07, 6.45) is 1.72. The van der Waals surface area contributed by atoms with Crippen LogP contribution in [0.25, 0.3) is 0 Å². The van der Waals surface area contributed by atoms with E-state index in [1.807, 2.05) is 37.3 Å². The molecule has 0 bridgehead atoms. The maximum absolute atomic E-state index is 5.56. The summed E-state index contributed by atoms with van der Waals surface area (Å²) in [4.78, 5) is 7.27. The Morgan fingerprint density at radius 3 is 2.82 bits per heavy atom. The van der Waals surface area contributed by atoms with Crippen molar-refractivity contribution in [1.82, 2.24) is 15.3 Å². The Balaban J connectivity index is 1.63. The van der Waals surface area contributed by atoms with Gasteiger partial charge in [0, 0.05) is 18.8 Å². The molecule has 17 heavy (non-hydrogen) atoms. The van der Waals surface area contributed by atoms with E-state index in [0.717, 1.165) is 30.2 Å². The van der Waals surface area contributed by atoms with Crippen LogP contribution in [-0.4, -0.2) is 23.1 Å². The van der Waals surface area contributed by atoms with Crippen LogP contribution in [0.1, 0.15) is 11.4 Å². The lowest BCUT2D eigenvalue weighted by Crippen LogP contribution is -2.21. The van der Waals surface area contributed by atoms with Crippen LogP contribution in [0.2, 0.25) is 0 Å². The maximum atomic E-state index is 5.56. The molecule has 2 N–H and O–H groups in total. The molecule has 0 saturated heterocycles. The van der Waals surface area contributed by atoms with Gasteiger partial charge in [0.05, 0.1) is 12.0 Å². The zero-order chi connectivity index (χ0) is 11.9. The van der Waals surface area contributed by atoms with E-state index in [2.05, 4.69) is 15.3 Å². The first-order valence-corrected chi connectivity index (χ1v) is 5.73. The van der Waals surface area contributed by atoms with Crippen molar-refractivity contribution in [2.45, 2.75) is 13.5 Å². The predicted octanol–water partition coefficient (Wildman–Crippen LogP) is 1.89. The molecule has 1 aromatic heterocycles. The fraction of sp³-hybridized carbons (Fsp3) is 0.308. The Kier molecular flexibility index (Phi) is 4.16. The number of aromatic nitrogens is 2. The molecular weight excluding hydrogens is 214 g/mol. The molecule has 2 aromatic rings. The highest BCUT2D eigenvalue weighted by atomic mass is 16.5. The molecule has 90 valence electrons. The number of aryl methyl sites for hydroxylation is 1. The average Bonchev–Trinajstić information content (AvgIpc) is 2.76. The minimum atomic E-state index is 0.660. The molecule has 0 unspecified atom stereocenters. The van der Waals surface area contributed by atoms with E-state index in [1.54, 1.807) is 6.33 Å². The molecule has 0 aliphatic carbocycles. The summed E-state index contributed by atoms with van der Waals surface area (Å²) in [5.74, 6) is 0.908. The number of imidazole rings is 1. The quantitative estimate of drug-likeness (QED) is 0.746. The molecule has 0 fully saturated rings. The van der Waals surface area contributed by atoms with Crippen LogP contribution in [0.15, 0.2) is 36.7 Å². The Morgan fingerprint density at radius 1 is 1.29 bits per heavy atom. The summed E-state index contributed by atoms with van der Waals surface area (Å²) in [6.45, 7) is 4.26. The number of para-hydroxylation sites is 1. The van der Waals surface area contributed by atoms with Gasteiger partial charge in [0.1, 0.15) is 12.4 Å². The molecule has 1 aromatic carbocycles. The highest BCUT2D eigenvalue weighted by Crippen LogP contribution is 2.07. The van der Waals surface area contributed by atoms with E-state index in [9.17, 15) is 0 Å². The molecule has 4 nitrogen and oxygen atoms in total. The van der Waals surface area contributed by atoms with Gasteiger partial charge in [-0.05, 0) is 19.1 Å². The molecule has 0 amide bonds. The summed E-state index contributed by atoms with van der Waals surface area (Å²) >= 11 is 0. The van der Waals surface area contributed by atoms with Gasteiger partial charge >= 0.3 is 0 Å². The minimum absolute atomic E-state index is 0.660. The summed E-state index contributed by atoms with van der Waals surface area (Å²) in [6, 6.07) is 9.83. The normalized spacial score (nSPS) is 10.4. The monoisotopic (exact) mass is 231 g/mol. The largest absolute Gasteiger partial charge is 0.492 e. The van der Waals surface area contributed by atoms with Crippen LogP contribution in [-0.2, 0) is 6.54 Å². The van der Waals surface area contributed by atoms with Gasteiger partial charge in [0.15, 0.2) is 0 Å². The van der Waals surface area contributed by atoms with E-state index in [4.69, 9.17) is 4.74 Å². The summed E-state index contributed by atoms with van der Waals surface area (Å²) in [5, 5.41) is 3.29. The third kappa shape index (κ3) is 3.60. The zero-order valence-corrected chi connectivity index (χ0v) is 9.94. The number of benzene rings is 1. The maximum Gasteiger partial charge on any atom is 0.119 e. The Labute approximate surface area is 101 Å². The van der Waals surface area contributed by atoms with Gasteiger partial charge in [-0.15, -0.1) is 0 Å². The zero-order valence-electron chi connectivity index (χ0n) is 9.94. The van der Waals surface area contributed by atoms with E-state index < -0.39 is 0 Å². The summed E-state index contributed by atoms with van der Waals surface area (Å²) < 4.78 is 5.56. The minimum Gasteiger partial charge on any atom is -0.492 e. The standard InChI is InChI=1S/C13H17N3O/c1-11-13(16-10-15-11)9-14-7-8-17-12-5-3-2-4-6-12/h2-6,10,14H,7-9H2,1H3,(H,15,16). The first-order chi connectivity index (χ1) is 8.36. The number of aromatic amines is 1. The summed E-state index contributed by atoms with van der Waals surface area (Å²) in [7, 11) is 0. The SMILES string of the molecule is Cc1[nH]cnc1CNCCOc1ccccc1. The number of hydrogen-bond donors (Lipinski definition) is 2. The Bertz CT molecular complexity index is 439. The molecule has 0 radical (unpaired) electrons. The lowest BCUT2D eigenvalue weighted by Gasteiger charge is -2.06. The van der Waals surface area contributed by atoms with E-state index >= 15 is 0 Å². The molecule has 4 heteroatoms. The van der Waals surface area contributed by atoms with E-state index in [1.165, 1.54) is 0 Å². The van der Waals surface area contributed by atoms with Gasteiger partial charge in [0.2, 0.25) is 0 Å². The first kappa shape index (κ1) is 11.7. The molecule has 2 rings (SSSR count). The van der Waals surface area contributed by atoms with Crippen LogP contribution in [0.5, 0.6) is 5.75 Å². The number of hydrogen-bond acceptors (Lipinski definition) is 3. The van der Waals surface area contributed by atoms with Crippen LogP contribution in [0, 0.1) is 6.92 Å². The Morgan fingerprint density at radius 2 is 2.12 bits per heavy atom. The average molecular weight is 231 g/mol. The van der Waals surface area contributed by atoms with Crippen molar-refractivity contribution in [3.05, 3.63) is 48.0 Å². The van der Waals surface area contributed by atoms with Crippen molar-refractivity contribution in [3.8, 4) is 5.75 Å². The number of H-pyrrole nitrogens is 1. The lowest BCUT2D eigenvalue weighted by atomic mass is 10.3. The van der Waals surface area contributed by atoms with Crippen molar-refractivity contribution < 1.29 is 4.74 Å². The third-order valence-corrected chi connectivity index (χ3v) is 2.52. The molecule has 1 heterocycles. The van der Waals surface area contributed by atoms with Crippen LogP contribution >= 0.6 is 0 Å². The fourth-order valence-corrected chi connectivity index (χ4v) is 1.53. The van der Waals surface area contributed by atoms with E-state index in [0.29, 0.717) is 6.61 Å². The molecule has 0 aliphatic rings. The lowest BCUT2D eigenvalue weighted by molar-refractivity contribution is 0.313. The highest BCUT2D eigenvalue weighted by molar-refractivity contribution is 5.20. The Hall–Kier alpha value is -1.81. The van der Waals surface area contributed by atoms with Gasteiger partial charge < -0.3 is 15.0 Å². The third-order valence-electron chi connectivity index (χ3n) is 2.52. The van der Waals surface area contributed by atoms with Crippen molar-refractivity contribution in [2.75, 3.05) is 13.2 Å². The number of nitrogens with zero attached hydrogens (tertiary/aromatic N) is 1. The summed E-state index contributed by atoms with van der Waals surface area (Å²) in [5.41, 5.74) is 2.17. The van der Waals surface area contributed by atoms with E-state index in [-0.39, 0.29) is 0 Å². The molecule has 0 spiro atoms. The molecular formula is C13H17N3O. The topological polar surface area (TPSA) is 49.9 Å². The smallest absolute Gasteiger partial charge is 0.119 e. The van der Waals surface area contributed by atoms with Crippen LogP contribution in [0.3, 0.4) is 0 Å². The second-order valence-electron chi connectivity index (χ2n) is 3.81. The number of rotatable bonds is 6. The second-order valence-corrected chi connectivity index (χ2v) is 3.81. The van der Waals surface area contributed by atoms with Crippen molar-refractivity contribution in [3.63, 3.8) is 0 Å². The molecule has 0 saturated carbocycles. The highest BCUT2D eigenvalue weighted by Gasteiger charge is 1.99.